The molecule has 0 aliphatic carbocycles. The van der Waals surface area contributed by atoms with Gasteiger partial charge >= 0.3 is 5.97 Å². The topological polar surface area (TPSA) is 54.0 Å². The molecule has 1 aromatic rings. The molecule has 5 heteroatoms. The second-order valence-electron chi connectivity index (χ2n) is 5.01. The van der Waals surface area contributed by atoms with Gasteiger partial charge in [-0.1, -0.05) is 30.3 Å². The number of esters is 1. The van der Waals surface area contributed by atoms with Crippen molar-refractivity contribution < 1.29 is 23.7 Å². The first-order valence-corrected chi connectivity index (χ1v) is 6.86. The van der Waals surface area contributed by atoms with Crippen LogP contribution in [-0.4, -0.2) is 37.7 Å². The maximum Gasteiger partial charge on any atom is 0.311 e. The number of benzene rings is 1. The molecular weight excluding hydrogens is 260 g/mol. The lowest BCUT2D eigenvalue weighted by atomic mass is 10.1. The molecule has 0 unspecified atom stereocenters. The van der Waals surface area contributed by atoms with E-state index in [1.807, 2.05) is 30.3 Å². The van der Waals surface area contributed by atoms with Gasteiger partial charge in [0, 0.05) is 0 Å². The van der Waals surface area contributed by atoms with Gasteiger partial charge in [0.1, 0.15) is 25.2 Å². The fourth-order valence-corrected chi connectivity index (χ4v) is 2.68. The van der Waals surface area contributed by atoms with Crippen LogP contribution in [-0.2, 0) is 23.7 Å². The van der Waals surface area contributed by atoms with Gasteiger partial charge in [-0.25, -0.2) is 0 Å². The first-order valence-electron chi connectivity index (χ1n) is 6.86. The minimum absolute atomic E-state index is 0.0562. The average Bonchev–Trinajstić information content (AvgIpc) is 2.70. The van der Waals surface area contributed by atoms with Gasteiger partial charge in [-0.2, -0.15) is 0 Å². The van der Waals surface area contributed by atoms with Crippen molar-refractivity contribution in [3.8, 4) is 0 Å². The molecule has 2 aliphatic rings. The summed E-state index contributed by atoms with van der Waals surface area (Å²) in [7, 11) is 0. The second-order valence-corrected chi connectivity index (χ2v) is 5.01. The Balaban J connectivity index is 1.76. The van der Waals surface area contributed by atoms with Crippen molar-refractivity contribution >= 4 is 5.97 Å². The molecule has 3 rings (SSSR count). The summed E-state index contributed by atoms with van der Waals surface area (Å²) in [6, 6.07) is 9.86. The van der Waals surface area contributed by atoms with Gasteiger partial charge in [-0.05, 0) is 12.5 Å². The largest absolute Gasteiger partial charge is 0.466 e. The van der Waals surface area contributed by atoms with Crippen LogP contribution >= 0.6 is 0 Å². The Bertz CT molecular complexity index is 474. The van der Waals surface area contributed by atoms with E-state index in [2.05, 4.69) is 0 Å². The highest BCUT2D eigenvalue weighted by atomic mass is 16.8. The molecule has 2 aliphatic heterocycles. The Hall–Kier alpha value is -1.43. The fraction of sp³-hybridized carbons (Fsp3) is 0.533. The van der Waals surface area contributed by atoms with Gasteiger partial charge in [0.15, 0.2) is 0 Å². The highest BCUT2D eigenvalue weighted by molar-refractivity contribution is 5.70. The van der Waals surface area contributed by atoms with E-state index in [0.717, 1.165) is 5.56 Å². The molecule has 0 saturated carbocycles. The lowest BCUT2D eigenvalue weighted by Gasteiger charge is -2.30. The molecule has 20 heavy (non-hydrogen) atoms. The van der Waals surface area contributed by atoms with Crippen LogP contribution in [0.15, 0.2) is 30.3 Å². The number of carbonyl (C=O) groups is 1. The summed E-state index contributed by atoms with van der Waals surface area (Å²) >= 11 is 0. The minimum Gasteiger partial charge on any atom is -0.466 e. The quantitative estimate of drug-likeness (QED) is 0.786. The number of rotatable bonds is 4. The van der Waals surface area contributed by atoms with E-state index in [0.29, 0.717) is 13.2 Å². The molecular formula is C15H18O5. The second kappa shape index (κ2) is 5.52. The zero-order chi connectivity index (χ0) is 14.0. The maximum absolute atomic E-state index is 11.7. The third kappa shape index (κ3) is 2.57. The van der Waals surface area contributed by atoms with Crippen molar-refractivity contribution in [2.75, 3.05) is 19.8 Å². The van der Waals surface area contributed by atoms with Gasteiger partial charge in [-0.15, -0.1) is 0 Å². The summed E-state index contributed by atoms with van der Waals surface area (Å²) in [5.74, 6) is -1.33. The van der Waals surface area contributed by atoms with Crippen molar-refractivity contribution in [1.82, 2.24) is 0 Å². The molecule has 108 valence electrons. The summed E-state index contributed by atoms with van der Waals surface area (Å²) in [5, 5.41) is 0. The summed E-state index contributed by atoms with van der Waals surface area (Å²) in [6.07, 6.45) is -0.325. The van der Waals surface area contributed by atoms with Crippen molar-refractivity contribution in [2.24, 2.45) is 0 Å². The van der Waals surface area contributed by atoms with Crippen LogP contribution < -0.4 is 0 Å². The predicted octanol–water partition coefficient (Wildman–Crippen LogP) is 1.82. The molecule has 3 atom stereocenters. The molecule has 5 nitrogen and oxygen atoms in total. The Labute approximate surface area is 117 Å². The summed E-state index contributed by atoms with van der Waals surface area (Å²) in [6.45, 7) is 2.86. The Morgan fingerprint density at radius 3 is 2.90 bits per heavy atom. The number of carbonyl (C=O) groups excluding carboxylic acids is 1. The fourth-order valence-electron chi connectivity index (χ4n) is 2.68. The van der Waals surface area contributed by atoms with E-state index in [-0.39, 0.29) is 31.2 Å². The van der Waals surface area contributed by atoms with E-state index in [4.69, 9.17) is 18.9 Å². The van der Waals surface area contributed by atoms with Crippen molar-refractivity contribution in [3.63, 3.8) is 0 Å². The molecule has 0 N–H and O–H groups in total. The van der Waals surface area contributed by atoms with Crippen LogP contribution in [0.5, 0.6) is 0 Å². The zero-order valence-corrected chi connectivity index (χ0v) is 11.4. The number of hydrogen-bond acceptors (Lipinski definition) is 5. The first-order chi connectivity index (χ1) is 9.72. The van der Waals surface area contributed by atoms with E-state index in [1.165, 1.54) is 0 Å². The Morgan fingerprint density at radius 1 is 1.35 bits per heavy atom. The van der Waals surface area contributed by atoms with E-state index in [1.54, 1.807) is 6.92 Å². The number of fused-ring (bicyclic) bond motifs is 2. The highest BCUT2D eigenvalue weighted by Crippen LogP contribution is 2.43. The van der Waals surface area contributed by atoms with Gasteiger partial charge < -0.3 is 18.9 Å². The van der Waals surface area contributed by atoms with Gasteiger partial charge in [0.2, 0.25) is 5.79 Å². The standard InChI is InChI=1S/C15H18O5/c1-2-18-13(16)8-15-10-17-9-12(19-15)14(20-15)11-6-4-3-5-7-11/h3-7,12,14H,2,8-10H2,1H3/t12-,14+,15-/m0/s1. The first kappa shape index (κ1) is 13.5. The van der Waals surface area contributed by atoms with Gasteiger partial charge in [-0.3, -0.25) is 4.79 Å². The summed E-state index contributed by atoms with van der Waals surface area (Å²) < 4.78 is 22.5. The lowest BCUT2D eigenvalue weighted by Crippen LogP contribution is -2.43. The van der Waals surface area contributed by atoms with Crippen molar-refractivity contribution in [2.45, 2.75) is 31.3 Å². The van der Waals surface area contributed by atoms with Crippen LogP contribution in [0, 0.1) is 0 Å². The van der Waals surface area contributed by atoms with Crippen LogP contribution in [0.4, 0.5) is 0 Å². The van der Waals surface area contributed by atoms with Gasteiger partial charge in [0.05, 0.1) is 13.2 Å². The predicted molar refractivity (Wildman–Crippen MR) is 69.9 cm³/mol. The van der Waals surface area contributed by atoms with E-state index >= 15 is 0 Å². The van der Waals surface area contributed by atoms with Crippen LogP contribution in [0.3, 0.4) is 0 Å². The Morgan fingerprint density at radius 2 is 2.15 bits per heavy atom. The highest BCUT2D eigenvalue weighted by Gasteiger charge is 2.53. The summed E-state index contributed by atoms with van der Waals surface area (Å²) in [4.78, 5) is 11.7. The zero-order valence-electron chi connectivity index (χ0n) is 11.4. The van der Waals surface area contributed by atoms with E-state index in [9.17, 15) is 4.79 Å². The molecule has 1 aromatic carbocycles. The average molecular weight is 278 g/mol. The van der Waals surface area contributed by atoms with Crippen LogP contribution in [0.2, 0.25) is 0 Å². The van der Waals surface area contributed by atoms with Crippen molar-refractivity contribution in [1.29, 1.82) is 0 Å². The molecule has 2 saturated heterocycles. The third-order valence-electron chi connectivity index (χ3n) is 3.50. The molecule has 0 radical (unpaired) electrons. The molecule has 0 amide bonds. The molecule has 2 heterocycles. The minimum atomic E-state index is -1.00. The lowest BCUT2D eigenvalue weighted by molar-refractivity contribution is -0.243. The maximum atomic E-state index is 11.7. The molecule has 2 fully saturated rings. The summed E-state index contributed by atoms with van der Waals surface area (Å²) in [5.41, 5.74) is 1.04. The molecule has 0 spiro atoms. The number of ether oxygens (including phenoxy) is 4. The molecule has 0 aromatic heterocycles. The van der Waals surface area contributed by atoms with Crippen LogP contribution in [0.1, 0.15) is 25.0 Å². The molecule has 2 bridgehead atoms. The Kier molecular flexibility index (Phi) is 3.74. The monoisotopic (exact) mass is 278 g/mol. The number of hydrogen-bond donors (Lipinski definition) is 0. The van der Waals surface area contributed by atoms with Gasteiger partial charge in [0.25, 0.3) is 0 Å². The third-order valence-corrected chi connectivity index (χ3v) is 3.50. The normalized spacial score (nSPS) is 32.0. The smallest absolute Gasteiger partial charge is 0.311 e. The van der Waals surface area contributed by atoms with Crippen LogP contribution in [0.25, 0.3) is 0 Å². The van der Waals surface area contributed by atoms with E-state index < -0.39 is 5.79 Å². The SMILES string of the molecule is CCOC(=O)C[C@]12COC[C@H](O1)[C@@H](c1ccccc1)O2. The van der Waals surface area contributed by atoms with Crippen molar-refractivity contribution in [3.05, 3.63) is 35.9 Å².